The molecular weight excluding hydrogens is 216 g/mol. The molecule has 0 amide bonds. The molecule has 0 fully saturated rings. The number of rotatable bonds is 5. The molecule has 1 aromatic rings. The van der Waals surface area contributed by atoms with Crippen molar-refractivity contribution in [1.29, 1.82) is 0 Å². The lowest BCUT2D eigenvalue weighted by Gasteiger charge is -2.12. The Balaban J connectivity index is 2.73. The number of nitrogens with two attached hydrogens (primary N) is 1. The van der Waals surface area contributed by atoms with Gasteiger partial charge in [0.2, 0.25) is 0 Å². The molecule has 16 heavy (non-hydrogen) atoms. The minimum absolute atomic E-state index is 0.00949. The summed E-state index contributed by atoms with van der Waals surface area (Å²) in [6.45, 7) is 3.08. The Labute approximate surface area is 93.2 Å². The molecule has 0 spiro atoms. The summed E-state index contributed by atoms with van der Waals surface area (Å²) in [4.78, 5) is 0. The van der Waals surface area contributed by atoms with Crippen molar-refractivity contribution in [1.82, 2.24) is 0 Å². The van der Waals surface area contributed by atoms with Crippen LogP contribution in [0.5, 0.6) is 11.5 Å². The fourth-order valence-corrected chi connectivity index (χ4v) is 1.18. The molecule has 3 nitrogen and oxygen atoms in total. The second kappa shape index (κ2) is 5.53. The smallest absolute Gasteiger partial charge is 0.272 e. The number of benzene rings is 1. The first-order valence-electron chi connectivity index (χ1n) is 4.95. The summed E-state index contributed by atoms with van der Waals surface area (Å²) in [5, 5.41) is 0. The van der Waals surface area contributed by atoms with Crippen LogP contribution in [0.15, 0.2) is 18.2 Å². The lowest BCUT2D eigenvalue weighted by molar-refractivity contribution is 0.0817. The van der Waals surface area contributed by atoms with Gasteiger partial charge < -0.3 is 15.2 Å². The van der Waals surface area contributed by atoms with E-state index in [1.165, 1.54) is 6.07 Å². The van der Waals surface area contributed by atoms with Gasteiger partial charge in [-0.15, -0.1) is 0 Å². The molecule has 90 valence electrons. The van der Waals surface area contributed by atoms with E-state index in [1.54, 1.807) is 12.1 Å². The molecule has 0 saturated heterocycles. The SMILES string of the molecule is CC(C)Oc1cc(N)cc(OCC(F)F)c1. The molecule has 1 aromatic carbocycles. The quantitative estimate of drug-likeness (QED) is 0.792. The summed E-state index contributed by atoms with van der Waals surface area (Å²) in [7, 11) is 0. The number of nitrogen functional groups attached to an aromatic ring is 1. The lowest BCUT2D eigenvalue weighted by Crippen LogP contribution is -2.09. The van der Waals surface area contributed by atoms with E-state index in [4.69, 9.17) is 15.2 Å². The summed E-state index contributed by atoms with van der Waals surface area (Å²) in [6, 6.07) is 4.64. The predicted octanol–water partition coefficient (Wildman–Crippen LogP) is 2.70. The van der Waals surface area contributed by atoms with Gasteiger partial charge in [0, 0.05) is 23.9 Å². The summed E-state index contributed by atoms with van der Waals surface area (Å²) in [5.41, 5.74) is 6.01. The van der Waals surface area contributed by atoms with Crippen LogP contribution in [0, 0.1) is 0 Å². The number of alkyl halides is 2. The predicted molar refractivity (Wildman–Crippen MR) is 58.1 cm³/mol. The fourth-order valence-electron chi connectivity index (χ4n) is 1.18. The second-order valence-electron chi connectivity index (χ2n) is 3.61. The van der Waals surface area contributed by atoms with Gasteiger partial charge in [0.05, 0.1) is 6.10 Å². The van der Waals surface area contributed by atoms with Crippen LogP contribution in [0.1, 0.15) is 13.8 Å². The molecule has 0 heterocycles. The van der Waals surface area contributed by atoms with Gasteiger partial charge in [0.15, 0.2) is 0 Å². The van der Waals surface area contributed by atoms with Crippen LogP contribution in [-0.2, 0) is 0 Å². The standard InChI is InChI=1S/C11H15F2NO2/c1-7(2)16-10-4-8(14)3-9(5-10)15-6-11(12)13/h3-5,7,11H,6,14H2,1-2H3. The summed E-state index contributed by atoms with van der Waals surface area (Å²) in [5.74, 6) is 0.801. The van der Waals surface area contributed by atoms with E-state index in [0.29, 0.717) is 11.4 Å². The minimum Gasteiger partial charge on any atom is -0.491 e. The van der Waals surface area contributed by atoms with Gasteiger partial charge in [0.1, 0.15) is 18.1 Å². The van der Waals surface area contributed by atoms with Gasteiger partial charge in [-0.05, 0) is 13.8 Å². The van der Waals surface area contributed by atoms with Crippen LogP contribution in [0.2, 0.25) is 0 Å². The van der Waals surface area contributed by atoms with Gasteiger partial charge in [-0.3, -0.25) is 0 Å². The van der Waals surface area contributed by atoms with Crippen molar-refractivity contribution in [2.45, 2.75) is 26.4 Å². The van der Waals surface area contributed by atoms with Gasteiger partial charge >= 0.3 is 0 Å². The molecule has 0 radical (unpaired) electrons. The van der Waals surface area contributed by atoms with Crippen LogP contribution in [0.3, 0.4) is 0 Å². The van der Waals surface area contributed by atoms with E-state index in [0.717, 1.165) is 0 Å². The van der Waals surface area contributed by atoms with Crippen LogP contribution >= 0.6 is 0 Å². The Morgan fingerprint density at radius 1 is 1.19 bits per heavy atom. The minimum atomic E-state index is -2.50. The zero-order valence-electron chi connectivity index (χ0n) is 9.24. The maximum Gasteiger partial charge on any atom is 0.272 e. The van der Waals surface area contributed by atoms with Gasteiger partial charge in [-0.2, -0.15) is 0 Å². The number of hydrogen-bond donors (Lipinski definition) is 1. The molecule has 0 bridgehead atoms. The Hall–Kier alpha value is -1.52. The highest BCUT2D eigenvalue weighted by atomic mass is 19.3. The van der Waals surface area contributed by atoms with Crippen LogP contribution < -0.4 is 15.2 Å². The number of anilines is 1. The maximum atomic E-state index is 11.9. The first-order valence-corrected chi connectivity index (χ1v) is 4.95. The molecule has 0 saturated carbocycles. The third-order valence-corrected chi connectivity index (χ3v) is 1.65. The maximum absolute atomic E-state index is 11.9. The zero-order valence-corrected chi connectivity index (χ0v) is 9.24. The van der Waals surface area contributed by atoms with Crippen molar-refractivity contribution in [2.75, 3.05) is 12.3 Å². The van der Waals surface area contributed by atoms with Gasteiger partial charge in [-0.1, -0.05) is 0 Å². The van der Waals surface area contributed by atoms with E-state index in [1.807, 2.05) is 13.8 Å². The first-order chi connectivity index (χ1) is 7.47. The molecule has 0 aliphatic rings. The fraction of sp³-hybridized carbons (Fsp3) is 0.455. The Morgan fingerprint density at radius 3 is 2.38 bits per heavy atom. The number of ether oxygens (including phenoxy) is 2. The molecule has 0 atom stereocenters. The molecule has 0 unspecified atom stereocenters. The van der Waals surface area contributed by atoms with Crippen molar-refractivity contribution in [3.63, 3.8) is 0 Å². The summed E-state index contributed by atoms with van der Waals surface area (Å²) < 4.78 is 34.1. The molecule has 0 aromatic heterocycles. The Bertz CT molecular complexity index is 343. The van der Waals surface area contributed by atoms with E-state index < -0.39 is 13.0 Å². The highest BCUT2D eigenvalue weighted by Crippen LogP contribution is 2.25. The van der Waals surface area contributed by atoms with E-state index >= 15 is 0 Å². The van der Waals surface area contributed by atoms with E-state index in [-0.39, 0.29) is 11.9 Å². The highest BCUT2D eigenvalue weighted by Gasteiger charge is 2.06. The van der Waals surface area contributed by atoms with Crippen molar-refractivity contribution >= 4 is 5.69 Å². The average Bonchev–Trinajstić information content (AvgIpc) is 2.12. The van der Waals surface area contributed by atoms with Gasteiger partial charge in [-0.25, -0.2) is 8.78 Å². The van der Waals surface area contributed by atoms with Crippen molar-refractivity contribution in [3.8, 4) is 11.5 Å². The van der Waals surface area contributed by atoms with Crippen molar-refractivity contribution in [2.24, 2.45) is 0 Å². The molecule has 1 rings (SSSR count). The average molecular weight is 231 g/mol. The lowest BCUT2D eigenvalue weighted by atomic mass is 10.3. The number of halogens is 2. The third kappa shape index (κ3) is 4.33. The van der Waals surface area contributed by atoms with Gasteiger partial charge in [0.25, 0.3) is 6.43 Å². The van der Waals surface area contributed by atoms with Crippen LogP contribution in [0.4, 0.5) is 14.5 Å². The molecular formula is C11H15F2NO2. The van der Waals surface area contributed by atoms with Crippen LogP contribution in [-0.4, -0.2) is 19.1 Å². The van der Waals surface area contributed by atoms with E-state index in [2.05, 4.69) is 0 Å². The largest absolute Gasteiger partial charge is 0.491 e. The Morgan fingerprint density at radius 2 is 1.81 bits per heavy atom. The summed E-state index contributed by atoms with van der Waals surface area (Å²) in [6.07, 6.45) is -2.51. The molecule has 5 heteroatoms. The van der Waals surface area contributed by atoms with E-state index in [9.17, 15) is 8.78 Å². The molecule has 0 aliphatic heterocycles. The molecule has 0 aliphatic carbocycles. The first kappa shape index (κ1) is 12.5. The second-order valence-corrected chi connectivity index (χ2v) is 3.61. The third-order valence-electron chi connectivity index (χ3n) is 1.65. The van der Waals surface area contributed by atoms with Crippen LogP contribution in [0.25, 0.3) is 0 Å². The highest BCUT2D eigenvalue weighted by molar-refractivity contribution is 5.50. The monoisotopic (exact) mass is 231 g/mol. The summed E-state index contributed by atoms with van der Waals surface area (Å²) >= 11 is 0. The topological polar surface area (TPSA) is 44.5 Å². The normalized spacial score (nSPS) is 10.9. The Kier molecular flexibility index (Phi) is 4.34. The number of hydrogen-bond acceptors (Lipinski definition) is 3. The zero-order chi connectivity index (χ0) is 12.1. The molecule has 2 N–H and O–H groups in total. The van der Waals surface area contributed by atoms with Crippen molar-refractivity contribution in [3.05, 3.63) is 18.2 Å². The van der Waals surface area contributed by atoms with Crippen molar-refractivity contribution < 1.29 is 18.3 Å².